The normalized spacial score (nSPS) is 16.3. The number of alkyl halides is 2. The molecule has 0 bridgehead atoms. The van der Waals surface area contributed by atoms with E-state index in [1.165, 1.54) is 17.2 Å². The van der Waals surface area contributed by atoms with E-state index in [9.17, 15) is 17.9 Å². The van der Waals surface area contributed by atoms with Crippen molar-refractivity contribution in [1.29, 1.82) is 0 Å². The average molecular weight is 416 g/mol. The largest absolute Gasteiger partial charge is 0.443 e. The maximum atomic E-state index is 13.2. The molecule has 10 heteroatoms. The van der Waals surface area contributed by atoms with E-state index in [-0.39, 0.29) is 0 Å². The van der Waals surface area contributed by atoms with Crippen LogP contribution in [0.1, 0.15) is 53.4 Å². The minimum absolute atomic E-state index is 0.605. The molecule has 0 rings (SSSR count). The molecule has 0 saturated heterocycles. The lowest BCUT2D eigenvalue weighted by Gasteiger charge is -2.21. The smallest absolute Gasteiger partial charge is 0.320 e. The topological polar surface area (TPSA) is 104 Å². The molecular formula is C16H28F2O6P2. The molecule has 0 spiro atoms. The van der Waals surface area contributed by atoms with Crippen LogP contribution in [0.2, 0.25) is 0 Å². The third-order valence-electron chi connectivity index (χ3n) is 3.49. The fourth-order valence-electron chi connectivity index (χ4n) is 1.86. The molecule has 0 aromatic rings. The van der Waals surface area contributed by atoms with Gasteiger partial charge in [0.25, 0.3) is 0 Å². The zero-order chi connectivity index (χ0) is 20.6. The van der Waals surface area contributed by atoms with Gasteiger partial charge in [-0.05, 0) is 53.4 Å². The van der Waals surface area contributed by atoms with E-state index in [1.807, 2.05) is 20.8 Å². The molecule has 6 nitrogen and oxygen atoms in total. The molecule has 0 aromatic heterocycles. The maximum Gasteiger partial charge on any atom is 0.443 e. The van der Waals surface area contributed by atoms with Crippen LogP contribution >= 0.6 is 15.2 Å². The molecule has 1 unspecified atom stereocenters. The monoisotopic (exact) mass is 416 g/mol. The zero-order valence-corrected chi connectivity index (χ0v) is 17.3. The Labute approximate surface area is 153 Å². The number of hydrogen-bond acceptors (Lipinski definition) is 3. The highest BCUT2D eigenvalue weighted by Gasteiger charge is 2.64. The summed E-state index contributed by atoms with van der Waals surface area (Å²) in [6, 6.07) is 0. The molecular weight excluding hydrogens is 388 g/mol. The van der Waals surface area contributed by atoms with Gasteiger partial charge in [-0.1, -0.05) is 34.9 Å². The first kappa shape index (κ1) is 25.4. The Morgan fingerprint density at radius 1 is 0.923 bits per heavy atom. The van der Waals surface area contributed by atoms with Crippen LogP contribution in [0.15, 0.2) is 34.9 Å². The van der Waals surface area contributed by atoms with Gasteiger partial charge >= 0.3 is 20.6 Å². The summed E-state index contributed by atoms with van der Waals surface area (Å²) >= 11 is 0. The van der Waals surface area contributed by atoms with Gasteiger partial charge < -0.3 is 14.7 Å². The van der Waals surface area contributed by atoms with Crippen molar-refractivity contribution in [2.24, 2.45) is 0 Å². The summed E-state index contributed by atoms with van der Waals surface area (Å²) < 4.78 is 52.6. The van der Waals surface area contributed by atoms with Gasteiger partial charge in [0.1, 0.15) is 0 Å². The van der Waals surface area contributed by atoms with E-state index in [2.05, 4.69) is 16.7 Å². The van der Waals surface area contributed by atoms with Crippen LogP contribution in [0.5, 0.6) is 0 Å². The van der Waals surface area contributed by atoms with Crippen molar-refractivity contribution in [3.63, 3.8) is 0 Å². The molecule has 0 aliphatic heterocycles. The van der Waals surface area contributed by atoms with Crippen LogP contribution < -0.4 is 0 Å². The molecule has 1 atom stereocenters. The van der Waals surface area contributed by atoms with Crippen LogP contribution in [0.4, 0.5) is 8.78 Å². The lowest BCUT2D eigenvalue weighted by molar-refractivity contribution is 0.0958. The van der Waals surface area contributed by atoms with Gasteiger partial charge in [-0.3, -0.25) is 13.7 Å². The molecule has 0 saturated carbocycles. The molecule has 0 aliphatic rings. The fraction of sp³-hybridized carbons (Fsp3) is 0.625. The van der Waals surface area contributed by atoms with E-state index in [0.29, 0.717) is 6.42 Å². The predicted molar refractivity (Wildman–Crippen MR) is 98.2 cm³/mol. The average Bonchev–Trinajstić information content (AvgIpc) is 2.45. The Morgan fingerprint density at radius 2 is 1.38 bits per heavy atom. The number of rotatable bonds is 11. The molecule has 0 fully saturated rings. The van der Waals surface area contributed by atoms with E-state index >= 15 is 0 Å². The van der Waals surface area contributed by atoms with Gasteiger partial charge in [0.05, 0.1) is 6.61 Å². The summed E-state index contributed by atoms with van der Waals surface area (Å²) in [5, 5.41) is -5.13. The molecule has 26 heavy (non-hydrogen) atoms. The molecule has 0 aliphatic carbocycles. The third kappa shape index (κ3) is 8.85. The van der Waals surface area contributed by atoms with Gasteiger partial charge in [-0.25, -0.2) is 0 Å². The first-order valence-electron chi connectivity index (χ1n) is 8.06. The van der Waals surface area contributed by atoms with Gasteiger partial charge in [0.15, 0.2) is 0 Å². The van der Waals surface area contributed by atoms with Crippen molar-refractivity contribution in [2.45, 2.75) is 58.8 Å². The number of halogens is 2. The van der Waals surface area contributed by atoms with Crippen molar-refractivity contribution >= 4 is 15.2 Å². The van der Waals surface area contributed by atoms with E-state index in [1.54, 1.807) is 6.92 Å². The third-order valence-corrected chi connectivity index (χ3v) is 6.91. The second-order valence-corrected chi connectivity index (χ2v) is 10.2. The molecule has 152 valence electrons. The lowest BCUT2D eigenvalue weighted by atomic mass is 10.1. The summed E-state index contributed by atoms with van der Waals surface area (Å²) in [7, 11) is -11.9. The summed E-state index contributed by atoms with van der Waals surface area (Å²) in [6.07, 6.45) is 8.79. The van der Waals surface area contributed by atoms with Crippen molar-refractivity contribution in [3.05, 3.63) is 34.9 Å². The maximum absolute atomic E-state index is 13.2. The Morgan fingerprint density at radius 3 is 1.85 bits per heavy atom. The zero-order valence-electron chi connectivity index (χ0n) is 15.5. The summed E-state index contributed by atoms with van der Waals surface area (Å²) in [6.45, 7) is 7.16. The second-order valence-electron chi connectivity index (χ2n) is 6.33. The first-order valence-corrected chi connectivity index (χ1v) is 11.2. The van der Waals surface area contributed by atoms with Crippen LogP contribution in [-0.2, 0) is 13.7 Å². The minimum atomic E-state index is -6.10. The highest BCUT2D eigenvalue weighted by Crippen LogP contribution is 2.73. The SMILES string of the molecule is CC(C)=CCC/C(C)=C/CC/C(C)=C/COP(=O)(O)C(F)(F)P(=O)(O)O. The van der Waals surface area contributed by atoms with Gasteiger partial charge in [0, 0.05) is 0 Å². The van der Waals surface area contributed by atoms with Gasteiger partial charge in [0.2, 0.25) is 0 Å². The van der Waals surface area contributed by atoms with Gasteiger partial charge in [-0.2, -0.15) is 8.78 Å². The predicted octanol–water partition coefficient (Wildman–Crippen LogP) is 5.34. The molecule has 3 N–H and O–H groups in total. The van der Waals surface area contributed by atoms with Crippen molar-refractivity contribution in [3.8, 4) is 0 Å². The summed E-state index contributed by atoms with van der Waals surface area (Å²) in [5.41, 5.74) is 3.24. The van der Waals surface area contributed by atoms with E-state index in [4.69, 9.17) is 14.7 Å². The van der Waals surface area contributed by atoms with Crippen LogP contribution in [-0.4, -0.2) is 26.7 Å². The van der Waals surface area contributed by atoms with Gasteiger partial charge in [-0.15, -0.1) is 0 Å². The minimum Gasteiger partial charge on any atom is -0.320 e. The Kier molecular flexibility index (Phi) is 10.4. The van der Waals surface area contributed by atoms with Crippen LogP contribution in [0, 0.1) is 0 Å². The van der Waals surface area contributed by atoms with Crippen LogP contribution in [0.3, 0.4) is 0 Å². The van der Waals surface area contributed by atoms with E-state index < -0.39 is 27.2 Å². The van der Waals surface area contributed by atoms with Crippen LogP contribution in [0.25, 0.3) is 0 Å². The fourth-order valence-corrected chi connectivity index (χ4v) is 3.78. The van der Waals surface area contributed by atoms with Crippen molar-refractivity contribution in [1.82, 2.24) is 0 Å². The molecule has 0 radical (unpaired) electrons. The molecule has 0 amide bonds. The Bertz CT molecular complexity index is 645. The molecule has 0 heterocycles. The quantitative estimate of drug-likeness (QED) is 0.310. The first-order chi connectivity index (χ1) is 11.7. The van der Waals surface area contributed by atoms with Crippen molar-refractivity contribution in [2.75, 3.05) is 6.61 Å². The highest BCUT2D eigenvalue weighted by atomic mass is 31.2. The van der Waals surface area contributed by atoms with E-state index in [0.717, 1.165) is 24.8 Å². The second kappa shape index (κ2) is 10.6. The number of allylic oxidation sites excluding steroid dienone is 5. The summed E-state index contributed by atoms with van der Waals surface area (Å²) in [4.78, 5) is 26.1. The Hall–Kier alpha value is -0.620. The highest BCUT2D eigenvalue weighted by molar-refractivity contribution is 7.72. The van der Waals surface area contributed by atoms with Crippen molar-refractivity contribution < 1.29 is 37.1 Å². The standard InChI is InChI=1S/C16H28F2O6P2/c1-13(2)7-5-8-14(3)9-6-10-15(4)11-12-24-26(22,23)16(17,18)25(19,20)21/h7,9,11H,5-6,8,10,12H2,1-4H3,(H,22,23)(H2,19,20,21)/b14-9+,15-11+. The Balaban J connectivity index is 4.49. The summed E-state index contributed by atoms with van der Waals surface area (Å²) in [5.74, 6) is 0. The molecule has 0 aromatic carbocycles. The number of hydrogen-bond donors (Lipinski definition) is 3. The lowest BCUT2D eigenvalue weighted by Crippen LogP contribution is -2.18.